The smallest absolute Gasteiger partial charge is 0.431 e. The van der Waals surface area contributed by atoms with Gasteiger partial charge in [-0.1, -0.05) is 0 Å². The van der Waals surface area contributed by atoms with Crippen LogP contribution in [0.15, 0.2) is 21.9 Å². The molecule has 2 fully saturated rings. The van der Waals surface area contributed by atoms with Crippen molar-refractivity contribution in [2.24, 2.45) is 0 Å². The van der Waals surface area contributed by atoms with Crippen LogP contribution >= 0.6 is 0 Å². The van der Waals surface area contributed by atoms with Crippen LogP contribution in [0.25, 0.3) is 0 Å². The number of ether oxygens (including phenoxy) is 3. The molecule has 1 unspecified atom stereocenters. The van der Waals surface area contributed by atoms with Crippen LogP contribution in [0.5, 0.6) is 0 Å². The molecule has 2 N–H and O–H groups in total. The van der Waals surface area contributed by atoms with Gasteiger partial charge in [-0.05, 0) is 6.92 Å². The lowest BCUT2D eigenvalue weighted by molar-refractivity contribution is -0.111. The normalized spacial score (nSPS) is 36.1. The number of aromatic amines is 1. The summed E-state index contributed by atoms with van der Waals surface area (Å²) < 4.78 is 16.2. The van der Waals surface area contributed by atoms with Gasteiger partial charge in [0, 0.05) is 12.3 Å². The zero-order valence-corrected chi connectivity index (χ0v) is 10.4. The lowest BCUT2D eigenvalue weighted by Gasteiger charge is -2.31. The van der Waals surface area contributed by atoms with Crippen molar-refractivity contribution in [2.75, 3.05) is 6.61 Å². The second-order valence-electron chi connectivity index (χ2n) is 4.87. The van der Waals surface area contributed by atoms with E-state index in [1.807, 2.05) is 0 Å². The maximum absolute atomic E-state index is 11.8. The maximum atomic E-state index is 11.8. The molecule has 9 nitrogen and oxygen atoms in total. The van der Waals surface area contributed by atoms with Gasteiger partial charge in [0.25, 0.3) is 5.56 Å². The molecule has 3 heterocycles. The lowest BCUT2D eigenvalue weighted by Crippen LogP contribution is -2.51. The van der Waals surface area contributed by atoms with Crippen LogP contribution in [0.3, 0.4) is 0 Å². The Balaban J connectivity index is 2.00. The molecule has 0 amide bonds. The first-order valence-electron chi connectivity index (χ1n) is 5.92. The second kappa shape index (κ2) is 4.18. The number of hydrogen-bond acceptors (Lipinski definition) is 7. The molecule has 0 saturated carbocycles. The number of hydrogen-bond donors (Lipinski definition) is 2. The van der Waals surface area contributed by atoms with Crippen LogP contribution < -0.4 is 11.2 Å². The largest absolute Gasteiger partial charge is 0.508 e. The maximum Gasteiger partial charge on any atom is 0.508 e. The highest BCUT2D eigenvalue weighted by molar-refractivity contribution is 5.61. The summed E-state index contributed by atoms with van der Waals surface area (Å²) >= 11 is 0. The molecule has 3 rings (SSSR count). The fraction of sp³-hybridized carbons (Fsp3) is 0.545. The summed E-state index contributed by atoms with van der Waals surface area (Å²) in [5.41, 5.74) is -2.92. The summed E-state index contributed by atoms with van der Waals surface area (Å²) in [5, 5.41) is 10.5. The summed E-state index contributed by atoms with van der Waals surface area (Å²) in [7, 11) is 0. The van der Waals surface area contributed by atoms with Crippen LogP contribution in [0.4, 0.5) is 4.79 Å². The SMILES string of the molecule is CC1(O)[C@@H]2OC(=O)OC[C@H]2O[C@H]1n1ccc(=O)[nH]c1=O. The van der Waals surface area contributed by atoms with Crippen LogP contribution in [0.2, 0.25) is 0 Å². The Bertz CT molecular complexity index is 661. The van der Waals surface area contributed by atoms with Gasteiger partial charge in [-0.2, -0.15) is 0 Å². The molecule has 2 saturated heterocycles. The minimum Gasteiger partial charge on any atom is -0.431 e. The molecule has 108 valence electrons. The van der Waals surface area contributed by atoms with E-state index in [-0.39, 0.29) is 6.61 Å². The minimum atomic E-state index is -1.63. The summed E-state index contributed by atoms with van der Waals surface area (Å²) in [4.78, 5) is 36.0. The van der Waals surface area contributed by atoms with Gasteiger partial charge in [0.05, 0.1) is 0 Å². The lowest BCUT2D eigenvalue weighted by atomic mass is 9.96. The third kappa shape index (κ3) is 1.82. The van der Waals surface area contributed by atoms with E-state index in [0.29, 0.717) is 0 Å². The zero-order valence-electron chi connectivity index (χ0n) is 10.4. The molecular weight excluding hydrogens is 272 g/mol. The van der Waals surface area contributed by atoms with Crippen molar-refractivity contribution < 1.29 is 24.1 Å². The number of nitrogens with one attached hydrogen (secondary N) is 1. The first kappa shape index (κ1) is 12.9. The number of rotatable bonds is 1. The fourth-order valence-electron chi connectivity index (χ4n) is 2.46. The molecule has 1 aromatic rings. The van der Waals surface area contributed by atoms with Crippen LogP contribution in [-0.2, 0) is 14.2 Å². The Hall–Kier alpha value is -2.13. The number of cyclic esters (lactones) is 1. The van der Waals surface area contributed by atoms with Crippen LogP contribution in [0, 0.1) is 0 Å². The summed E-state index contributed by atoms with van der Waals surface area (Å²) in [5.74, 6) is 0. The average Bonchev–Trinajstić information content (AvgIpc) is 2.62. The van der Waals surface area contributed by atoms with E-state index in [1.54, 1.807) is 0 Å². The fourth-order valence-corrected chi connectivity index (χ4v) is 2.46. The van der Waals surface area contributed by atoms with Crippen LogP contribution in [0.1, 0.15) is 13.2 Å². The van der Waals surface area contributed by atoms with Crippen molar-refractivity contribution in [1.82, 2.24) is 9.55 Å². The second-order valence-corrected chi connectivity index (χ2v) is 4.87. The van der Waals surface area contributed by atoms with Gasteiger partial charge >= 0.3 is 11.8 Å². The third-order valence-electron chi connectivity index (χ3n) is 3.41. The molecule has 20 heavy (non-hydrogen) atoms. The summed E-state index contributed by atoms with van der Waals surface area (Å²) in [6, 6.07) is 1.13. The Morgan fingerprint density at radius 1 is 1.45 bits per heavy atom. The third-order valence-corrected chi connectivity index (χ3v) is 3.41. The number of carbonyl (C=O) groups excluding carboxylic acids is 1. The predicted octanol–water partition coefficient (Wildman–Crippen LogP) is -1.28. The van der Waals surface area contributed by atoms with E-state index in [9.17, 15) is 19.5 Å². The molecule has 4 atom stereocenters. The van der Waals surface area contributed by atoms with Crippen molar-refractivity contribution in [3.63, 3.8) is 0 Å². The molecule has 0 aromatic carbocycles. The molecular formula is C11H12N2O7. The van der Waals surface area contributed by atoms with E-state index in [4.69, 9.17) is 9.47 Å². The Morgan fingerprint density at radius 2 is 2.20 bits per heavy atom. The monoisotopic (exact) mass is 284 g/mol. The summed E-state index contributed by atoms with van der Waals surface area (Å²) in [6.07, 6.45) is -2.43. The topological polar surface area (TPSA) is 120 Å². The average molecular weight is 284 g/mol. The highest BCUT2D eigenvalue weighted by atomic mass is 16.8. The van der Waals surface area contributed by atoms with Gasteiger partial charge in [0.1, 0.15) is 18.3 Å². The minimum absolute atomic E-state index is 0.0751. The van der Waals surface area contributed by atoms with Crippen molar-refractivity contribution in [1.29, 1.82) is 0 Å². The van der Waals surface area contributed by atoms with Gasteiger partial charge < -0.3 is 19.3 Å². The molecule has 0 spiro atoms. The van der Waals surface area contributed by atoms with Crippen molar-refractivity contribution in [3.05, 3.63) is 33.1 Å². The highest BCUT2D eigenvalue weighted by Crippen LogP contribution is 2.40. The number of fused-ring (bicyclic) bond motifs is 1. The number of aliphatic hydroxyl groups is 1. The molecule has 1 aromatic heterocycles. The van der Waals surface area contributed by atoms with Crippen molar-refractivity contribution in [3.8, 4) is 0 Å². The standard InChI is InChI=1S/C11H12N2O7/c1-11(17)7-5(4-18-10(16)20-7)19-8(11)13-3-2-6(14)12-9(13)15/h2-3,5,7-8,17H,4H2,1H3,(H,12,14,15)/t5-,7-,8-,11?/m1/s1. The number of nitrogens with zero attached hydrogens (tertiary/aromatic N) is 1. The zero-order chi connectivity index (χ0) is 14.5. The molecule has 0 bridgehead atoms. The van der Waals surface area contributed by atoms with E-state index in [2.05, 4.69) is 9.72 Å². The molecule has 0 aliphatic carbocycles. The number of carbonyl (C=O) groups is 1. The highest BCUT2D eigenvalue weighted by Gasteiger charge is 2.58. The van der Waals surface area contributed by atoms with Gasteiger partial charge in [-0.3, -0.25) is 14.3 Å². The van der Waals surface area contributed by atoms with Crippen molar-refractivity contribution in [2.45, 2.75) is 31.0 Å². The Morgan fingerprint density at radius 3 is 2.90 bits per heavy atom. The first-order valence-corrected chi connectivity index (χ1v) is 5.92. The number of H-pyrrole nitrogens is 1. The molecule has 2 aliphatic heterocycles. The quantitative estimate of drug-likeness (QED) is 0.616. The van der Waals surface area contributed by atoms with Crippen LogP contribution in [-0.4, -0.2) is 45.2 Å². The Kier molecular flexibility index (Phi) is 2.69. The Labute approximate surface area is 111 Å². The van der Waals surface area contributed by atoms with Gasteiger partial charge in [0.15, 0.2) is 12.3 Å². The van der Waals surface area contributed by atoms with Gasteiger partial charge in [-0.15, -0.1) is 0 Å². The molecule has 2 aliphatic rings. The van der Waals surface area contributed by atoms with Gasteiger partial charge in [-0.25, -0.2) is 9.59 Å². The number of aromatic nitrogens is 2. The molecule has 9 heteroatoms. The van der Waals surface area contributed by atoms with E-state index in [1.165, 1.54) is 13.1 Å². The van der Waals surface area contributed by atoms with E-state index >= 15 is 0 Å². The summed E-state index contributed by atoms with van der Waals surface area (Å²) in [6.45, 7) is 1.31. The molecule has 0 radical (unpaired) electrons. The first-order chi connectivity index (χ1) is 9.39. The van der Waals surface area contributed by atoms with Gasteiger partial charge in [0.2, 0.25) is 0 Å². The predicted molar refractivity (Wildman–Crippen MR) is 62.1 cm³/mol. The van der Waals surface area contributed by atoms with Crippen molar-refractivity contribution >= 4 is 6.16 Å². The van der Waals surface area contributed by atoms with E-state index in [0.717, 1.165) is 10.6 Å². The van der Waals surface area contributed by atoms with E-state index < -0.39 is 41.4 Å².